The van der Waals surface area contributed by atoms with E-state index in [1.54, 1.807) is 0 Å². The van der Waals surface area contributed by atoms with Gasteiger partial charge < -0.3 is 10.1 Å². The van der Waals surface area contributed by atoms with Crippen LogP contribution in [0, 0.1) is 11.3 Å². The van der Waals surface area contributed by atoms with Crippen LogP contribution < -0.4 is 5.32 Å². The summed E-state index contributed by atoms with van der Waals surface area (Å²) in [6.45, 7) is 7.97. The normalized spacial score (nSPS) is 21.4. The van der Waals surface area contributed by atoms with Gasteiger partial charge in [0.25, 0.3) is 0 Å². The molecule has 1 unspecified atom stereocenters. The van der Waals surface area contributed by atoms with Gasteiger partial charge in [-0.1, -0.05) is 33.1 Å². The van der Waals surface area contributed by atoms with E-state index in [4.69, 9.17) is 4.74 Å². The summed E-state index contributed by atoms with van der Waals surface area (Å²) in [5.41, 5.74) is 0.548. The van der Waals surface area contributed by atoms with Crippen LogP contribution in [0.25, 0.3) is 0 Å². The van der Waals surface area contributed by atoms with E-state index in [0.29, 0.717) is 5.41 Å². The molecule has 1 rings (SSSR count). The maximum atomic E-state index is 5.25. The molecular formula is C15H31NO. The first-order chi connectivity index (χ1) is 8.25. The van der Waals surface area contributed by atoms with E-state index in [1.165, 1.54) is 58.0 Å². The highest BCUT2D eigenvalue weighted by molar-refractivity contribution is 4.89. The second-order valence-electron chi connectivity index (χ2n) is 5.78. The Bertz CT molecular complexity index is 187. The van der Waals surface area contributed by atoms with E-state index in [-0.39, 0.29) is 0 Å². The van der Waals surface area contributed by atoms with E-state index in [2.05, 4.69) is 19.2 Å². The summed E-state index contributed by atoms with van der Waals surface area (Å²) < 4.78 is 5.25. The molecule has 0 bridgehead atoms. The standard InChI is InChI=1S/C15H31NO/c1-4-11-16-13-15(9-6-5-7-10-15)14(2)8-12-17-3/h14,16H,4-13H2,1-3H3. The zero-order valence-corrected chi connectivity index (χ0v) is 12.1. The van der Waals surface area contributed by atoms with Crippen molar-refractivity contribution in [3.8, 4) is 0 Å². The molecule has 0 heterocycles. The maximum absolute atomic E-state index is 5.25. The molecule has 1 atom stereocenters. The summed E-state index contributed by atoms with van der Waals surface area (Å²) in [4.78, 5) is 0. The van der Waals surface area contributed by atoms with E-state index in [0.717, 1.165) is 12.5 Å². The van der Waals surface area contributed by atoms with Gasteiger partial charge in [0.05, 0.1) is 0 Å². The van der Waals surface area contributed by atoms with Crippen LogP contribution in [0.3, 0.4) is 0 Å². The van der Waals surface area contributed by atoms with E-state index in [9.17, 15) is 0 Å². The predicted molar refractivity (Wildman–Crippen MR) is 74.3 cm³/mol. The van der Waals surface area contributed by atoms with Gasteiger partial charge in [-0.2, -0.15) is 0 Å². The molecule has 0 aliphatic heterocycles. The average Bonchev–Trinajstić information content (AvgIpc) is 2.37. The Morgan fingerprint density at radius 2 is 1.94 bits per heavy atom. The summed E-state index contributed by atoms with van der Waals surface area (Å²) in [6, 6.07) is 0. The zero-order chi connectivity index (χ0) is 12.6. The Kier molecular flexibility index (Phi) is 7.14. The van der Waals surface area contributed by atoms with Crippen LogP contribution in [-0.4, -0.2) is 26.8 Å². The molecule has 2 nitrogen and oxygen atoms in total. The molecule has 1 N–H and O–H groups in total. The van der Waals surface area contributed by atoms with Crippen LogP contribution in [0.5, 0.6) is 0 Å². The molecule has 102 valence electrons. The molecular weight excluding hydrogens is 210 g/mol. The van der Waals surface area contributed by atoms with Gasteiger partial charge in [0.15, 0.2) is 0 Å². The molecule has 0 aromatic carbocycles. The maximum Gasteiger partial charge on any atom is 0.0465 e. The Morgan fingerprint density at radius 1 is 1.24 bits per heavy atom. The Balaban J connectivity index is 2.50. The molecule has 0 aromatic heterocycles. The first-order valence-electron chi connectivity index (χ1n) is 7.45. The second kappa shape index (κ2) is 8.10. The largest absolute Gasteiger partial charge is 0.385 e. The minimum absolute atomic E-state index is 0.548. The lowest BCUT2D eigenvalue weighted by molar-refractivity contribution is 0.0741. The fourth-order valence-corrected chi connectivity index (χ4v) is 3.21. The number of hydrogen-bond donors (Lipinski definition) is 1. The van der Waals surface area contributed by atoms with Crippen molar-refractivity contribution >= 4 is 0 Å². The molecule has 0 radical (unpaired) electrons. The average molecular weight is 241 g/mol. The molecule has 0 spiro atoms. The van der Waals surface area contributed by atoms with Crippen molar-refractivity contribution < 1.29 is 4.74 Å². The third-order valence-corrected chi connectivity index (χ3v) is 4.55. The minimum atomic E-state index is 0.548. The Hall–Kier alpha value is -0.0800. The van der Waals surface area contributed by atoms with E-state index >= 15 is 0 Å². The Morgan fingerprint density at radius 3 is 2.53 bits per heavy atom. The second-order valence-corrected chi connectivity index (χ2v) is 5.78. The van der Waals surface area contributed by atoms with Crippen LogP contribution >= 0.6 is 0 Å². The van der Waals surface area contributed by atoms with Crippen molar-refractivity contribution in [2.45, 2.75) is 58.8 Å². The SMILES string of the molecule is CCCNCC1(C(C)CCOC)CCCCC1. The molecule has 1 saturated carbocycles. The number of rotatable bonds is 8. The summed E-state index contributed by atoms with van der Waals surface area (Å²) in [5, 5.41) is 3.66. The van der Waals surface area contributed by atoms with Gasteiger partial charge in [-0.3, -0.25) is 0 Å². The van der Waals surface area contributed by atoms with Crippen molar-refractivity contribution in [1.29, 1.82) is 0 Å². The van der Waals surface area contributed by atoms with Crippen molar-refractivity contribution in [2.24, 2.45) is 11.3 Å². The monoisotopic (exact) mass is 241 g/mol. The number of ether oxygens (including phenoxy) is 1. The number of nitrogens with one attached hydrogen (secondary N) is 1. The van der Waals surface area contributed by atoms with Crippen molar-refractivity contribution in [2.75, 3.05) is 26.8 Å². The highest BCUT2D eigenvalue weighted by atomic mass is 16.5. The lowest BCUT2D eigenvalue weighted by Gasteiger charge is -2.43. The topological polar surface area (TPSA) is 21.3 Å². The van der Waals surface area contributed by atoms with Gasteiger partial charge in [0.2, 0.25) is 0 Å². The molecule has 1 fully saturated rings. The van der Waals surface area contributed by atoms with Gasteiger partial charge >= 0.3 is 0 Å². The smallest absolute Gasteiger partial charge is 0.0465 e. The summed E-state index contributed by atoms with van der Waals surface area (Å²) >= 11 is 0. The van der Waals surface area contributed by atoms with E-state index < -0.39 is 0 Å². The van der Waals surface area contributed by atoms with Crippen LogP contribution in [0.15, 0.2) is 0 Å². The van der Waals surface area contributed by atoms with Gasteiger partial charge in [-0.25, -0.2) is 0 Å². The third kappa shape index (κ3) is 4.59. The molecule has 0 saturated heterocycles. The molecule has 1 aliphatic carbocycles. The number of hydrogen-bond acceptors (Lipinski definition) is 2. The van der Waals surface area contributed by atoms with Crippen LogP contribution in [0.1, 0.15) is 58.8 Å². The zero-order valence-electron chi connectivity index (χ0n) is 12.1. The van der Waals surface area contributed by atoms with Crippen molar-refractivity contribution in [1.82, 2.24) is 5.32 Å². The predicted octanol–water partition coefficient (Wildman–Crippen LogP) is 3.61. The quantitative estimate of drug-likeness (QED) is 0.656. The summed E-state index contributed by atoms with van der Waals surface area (Å²) in [5.74, 6) is 0.784. The summed E-state index contributed by atoms with van der Waals surface area (Å²) in [7, 11) is 1.82. The highest BCUT2D eigenvalue weighted by Gasteiger charge is 2.36. The lowest BCUT2D eigenvalue weighted by Crippen LogP contribution is -2.41. The number of methoxy groups -OCH3 is 1. The summed E-state index contributed by atoms with van der Waals surface area (Å²) in [6.07, 6.45) is 9.55. The Labute approximate surface area is 108 Å². The van der Waals surface area contributed by atoms with Gasteiger partial charge in [-0.15, -0.1) is 0 Å². The van der Waals surface area contributed by atoms with Crippen LogP contribution in [-0.2, 0) is 4.74 Å². The van der Waals surface area contributed by atoms with Crippen LogP contribution in [0.4, 0.5) is 0 Å². The molecule has 0 amide bonds. The van der Waals surface area contributed by atoms with Crippen molar-refractivity contribution in [3.05, 3.63) is 0 Å². The third-order valence-electron chi connectivity index (χ3n) is 4.55. The lowest BCUT2D eigenvalue weighted by atomic mass is 9.65. The van der Waals surface area contributed by atoms with Gasteiger partial charge in [-0.05, 0) is 43.6 Å². The first kappa shape index (κ1) is 15.0. The minimum Gasteiger partial charge on any atom is -0.385 e. The molecule has 17 heavy (non-hydrogen) atoms. The first-order valence-corrected chi connectivity index (χ1v) is 7.45. The molecule has 2 heteroatoms. The fourth-order valence-electron chi connectivity index (χ4n) is 3.21. The van der Waals surface area contributed by atoms with Crippen LogP contribution in [0.2, 0.25) is 0 Å². The van der Waals surface area contributed by atoms with Gasteiger partial charge in [0.1, 0.15) is 0 Å². The van der Waals surface area contributed by atoms with Crippen molar-refractivity contribution in [3.63, 3.8) is 0 Å². The van der Waals surface area contributed by atoms with Gasteiger partial charge in [0, 0.05) is 20.3 Å². The molecule has 0 aromatic rings. The highest BCUT2D eigenvalue weighted by Crippen LogP contribution is 2.43. The fraction of sp³-hybridized carbons (Fsp3) is 1.00. The van der Waals surface area contributed by atoms with E-state index in [1.807, 2.05) is 7.11 Å². The molecule has 1 aliphatic rings.